The number of nitrogens with one attached hydrogen (secondary N) is 1. The summed E-state index contributed by atoms with van der Waals surface area (Å²) in [5.74, 6) is -0.737. The van der Waals surface area contributed by atoms with Crippen molar-refractivity contribution in [2.24, 2.45) is 0 Å². The number of aliphatic hydroxyl groups is 4. The van der Waals surface area contributed by atoms with Gasteiger partial charge in [0.2, 0.25) is 11.8 Å². The Morgan fingerprint density at radius 1 is 1.32 bits per heavy atom. The average molecular weight is 320 g/mol. The second-order valence-electron chi connectivity index (χ2n) is 5.17. The number of aliphatic hydroxyl groups excluding tert-OH is 4. The fraction of sp³-hybridized carbons (Fsp3) is 0.833. The van der Waals surface area contributed by atoms with Crippen molar-refractivity contribution in [1.29, 1.82) is 0 Å². The molecule has 5 N–H and O–H groups in total. The highest BCUT2D eigenvalue weighted by atomic mass is 16.7. The molecule has 0 saturated carbocycles. The van der Waals surface area contributed by atoms with Gasteiger partial charge < -0.3 is 40.1 Å². The van der Waals surface area contributed by atoms with E-state index in [-0.39, 0.29) is 12.5 Å². The van der Waals surface area contributed by atoms with Crippen LogP contribution in [0.3, 0.4) is 0 Å². The first-order valence-electron chi connectivity index (χ1n) is 6.90. The van der Waals surface area contributed by atoms with Gasteiger partial charge in [-0.3, -0.25) is 9.59 Å². The summed E-state index contributed by atoms with van der Waals surface area (Å²) in [6, 6.07) is 0. The van der Waals surface area contributed by atoms with E-state index in [1.807, 2.05) is 0 Å². The van der Waals surface area contributed by atoms with E-state index in [0.29, 0.717) is 13.1 Å². The predicted octanol–water partition coefficient (Wildman–Crippen LogP) is -4.24. The van der Waals surface area contributed by atoms with Gasteiger partial charge in [-0.05, 0) is 0 Å². The van der Waals surface area contributed by atoms with Gasteiger partial charge in [0.15, 0.2) is 6.29 Å². The molecule has 0 aliphatic carbocycles. The van der Waals surface area contributed by atoms with Crippen LogP contribution in [0.2, 0.25) is 0 Å². The van der Waals surface area contributed by atoms with Crippen molar-refractivity contribution >= 4 is 11.8 Å². The molecular formula is C12H20N2O8. The highest BCUT2D eigenvalue weighted by Crippen LogP contribution is 2.21. The fourth-order valence-electron chi connectivity index (χ4n) is 2.30. The first-order valence-corrected chi connectivity index (χ1v) is 6.90. The maximum absolute atomic E-state index is 11.9. The lowest BCUT2D eigenvalue weighted by Crippen LogP contribution is -2.59. The van der Waals surface area contributed by atoms with Crippen molar-refractivity contribution in [3.63, 3.8) is 0 Å². The van der Waals surface area contributed by atoms with Gasteiger partial charge >= 0.3 is 0 Å². The summed E-state index contributed by atoms with van der Waals surface area (Å²) < 4.78 is 10.2. The Morgan fingerprint density at radius 2 is 2.05 bits per heavy atom. The molecule has 126 valence electrons. The van der Waals surface area contributed by atoms with Crippen LogP contribution in [0.4, 0.5) is 0 Å². The second-order valence-corrected chi connectivity index (χ2v) is 5.17. The van der Waals surface area contributed by atoms with Crippen LogP contribution < -0.4 is 5.32 Å². The topological polar surface area (TPSA) is 149 Å². The molecule has 2 aliphatic heterocycles. The van der Waals surface area contributed by atoms with Crippen molar-refractivity contribution in [2.75, 3.05) is 32.8 Å². The van der Waals surface area contributed by atoms with E-state index in [1.165, 1.54) is 4.90 Å². The van der Waals surface area contributed by atoms with E-state index in [4.69, 9.17) is 14.6 Å². The minimum atomic E-state index is -1.56. The lowest BCUT2D eigenvalue weighted by molar-refractivity contribution is -0.299. The summed E-state index contributed by atoms with van der Waals surface area (Å²) in [5, 5.41) is 40.6. The molecule has 5 atom stereocenters. The van der Waals surface area contributed by atoms with Gasteiger partial charge in [0.05, 0.1) is 13.2 Å². The first-order chi connectivity index (χ1) is 10.4. The first kappa shape index (κ1) is 17.1. The molecule has 2 heterocycles. The van der Waals surface area contributed by atoms with Crippen LogP contribution >= 0.6 is 0 Å². The largest absolute Gasteiger partial charge is 0.394 e. The molecule has 2 saturated heterocycles. The zero-order valence-corrected chi connectivity index (χ0v) is 11.8. The Morgan fingerprint density at radius 3 is 2.68 bits per heavy atom. The molecule has 10 heteroatoms. The number of ether oxygens (including phenoxy) is 2. The Labute approximate surface area is 126 Å². The molecule has 2 aliphatic rings. The van der Waals surface area contributed by atoms with Crippen LogP contribution in [0.25, 0.3) is 0 Å². The van der Waals surface area contributed by atoms with E-state index in [1.54, 1.807) is 0 Å². The summed E-state index contributed by atoms with van der Waals surface area (Å²) in [6.07, 6.45) is -7.07. The Balaban J connectivity index is 1.87. The van der Waals surface area contributed by atoms with Crippen LogP contribution in [0.1, 0.15) is 0 Å². The van der Waals surface area contributed by atoms with Crippen molar-refractivity contribution in [3.8, 4) is 0 Å². The van der Waals surface area contributed by atoms with E-state index < -0.39 is 49.8 Å². The molecule has 2 rings (SSSR count). The lowest BCUT2D eigenvalue weighted by Gasteiger charge is -2.39. The lowest BCUT2D eigenvalue weighted by atomic mass is 9.99. The number of amides is 2. The molecule has 2 amide bonds. The molecule has 0 bridgehead atoms. The normalized spacial score (nSPS) is 36.1. The highest BCUT2D eigenvalue weighted by Gasteiger charge is 2.44. The molecule has 0 spiro atoms. The summed E-state index contributed by atoms with van der Waals surface area (Å²) in [4.78, 5) is 24.4. The summed E-state index contributed by atoms with van der Waals surface area (Å²) >= 11 is 0. The quantitative estimate of drug-likeness (QED) is 0.350. The minimum absolute atomic E-state index is 0.0725. The van der Waals surface area contributed by atoms with Gasteiger partial charge in [0, 0.05) is 13.1 Å². The highest BCUT2D eigenvalue weighted by molar-refractivity contribution is 5.86. The van der Waals surface area contributed by atoms with Crippen LogP contribution in [-0.2, 0) is 19.1 Å². The zero-order valence-electron chi connectivity index (χ0n) is 11.8. The maximum Gasteiger partial charge on any atom is 0.249 e. The maximum atomic E-state index is 11.9. The van der Waals surface area contributed by atoms with Crippen molar-refractivity contribution < 1.29 is 39.5 Å². The van der Waals surface area contributed by atoms with E-state index in [9.17, 15) is 24.9 Å². The van der Waals surface area contributed by atoms with Gasteiger partial charge in [-0.1, -0.05) is 0 Å². The fourth-order valence-corrected chi connectivity index (χ4v) is 2.30. The van der Waals surface area contributed by atoms with Crippen LogP contribution in [0.15, 0.2) is 0 Å². The molecule has 0 radical (unpaired) electrons. The van der Waals surface area contributed by atoms with Gasteiger partial charge in [-0.25, -0.2) is 0 Å². The summed E-state index contributed by atoms with van der Waals surface area (Å²) in [6.45, 7) is -0.412. The third kappa shape index (κ3) is 3.72. The Hall–Kier alpha value is -1.30. The van der Waals surface area contributed by atoms with Crippen molar-refractivity contribution in [2.45, 2.75) is 30.7 Å². The number of piperazine rings is 1. The van der Waals surface area contributed by atoms with E-state index in [2.05, 4.69) is 5.32 Å². The summed E-state index contributed by atoms with van der Waals surface area (Å²) in [7, 11) is 0. The standard InChI is InChI=1S/C12H20N2O8/c15-4-6-9(18)10(19)11(20)12(22-6)21-5-8(17)14-2-1-13-7(16)3-14/h6,9-12,15,18-20H,1-5H2,(H,13,16)/t6-,9-,10+,11-,12-/m1/s1. The number of rotatable bonds is 4. The van der Waals surface area contributed by atoms with Gasteiger partial charge in [-0.15, -0.1) is 0 Å². The molecule has 0 unspecified atom stereocenters. The molecule has 10 nitrogen and oxygen atoms in total. The number of carbonyl (C=O) groups excluding carboxylic acids is 2. The third-order valence-electron chi connectivity index (χ3n) is 3.61. The van der Waals surface area contributed by atoms with Crippen molar-refractivity contribution in [1.82, 2.24) is 10.2 Å². The number of carbonyl (C=O) groups is 2. The smallest absolute Gasteiger partial charge is 0.249 e. The van der Waals surface area contributed by atoms with Crippen LogP contribution in [-0.4, -0.2) is 101 Å². The SMILES string of the molecule is O=C1CN(C(=O)CO[C@@H]2O[C@H](CO)[C@@H](O)[C@H](O)[C@H]2O)CCN1. The number of hydrogen-bond donors (Lipinski definition) is 5. The van der Waals surface area contributed by atoms with E-state index >= 15 is 0 Å². The van der Waals surface area contributed by atoms with Crippen molar-refractivity contribution in [3.05, 3.63) is 0 Å². The average Bonchev–Trinajstić information content (AvgIpc) is 2.51. The number of nitrogens with zero attached hydrogens (tertiary/aromatic N) is 1. The molecular weight excluding hydrogens is 300 g/mol. The zero-order chi connectivity index (χ0) is 16.3. The third-order valence-corrected chi connectivity index (χ3v) is 3.61. The van der Waals surface area contributed by atoms with Gasteiger partial charge in [0.25, 0.3) is 0 Å². The molecule has 22 heavy (non-hydrogen) atoms. The van der Waals surface area contributed by atoms with E-state index in [0.717, 1.165) is 0 Å². The Bertz CT molecular complexity index is 418. The van der Waals surface area contributed by atoms with Crippen LogP contribution in [0, 0.1) is 0 Å². The molecule has 0 aromatic heterocycles. The van der Waals surface area contributed by atoms with Gasteiger partial charge in [-0.2, -0.15) is 0 Å². The number of hydrogen-bond acceptors (Lipinski definition) is 8. The summed E-state index contributed by atoms with van der Waals surface area (Å²) in [5.41, 5.74) is 0. The molecule has 0 aromatic carbocycles. The Kier molecular flexibility index (Phi) is 5.67. The second kappa shape index (κ2) is 7.31. The van der Waals surface area contributed by atoms with Gasteiger partial charge in [0.1, 0.15) is 31.0 Å². The molecule has 0 aromatic rings. The minimum Gasteiger partial charge on any atom is -0.394 e. The monoisotopic (exact) mass is 320 g/mol. The van der Waals surface area contributed by atoms with Crippen LogP contribution in [0.5, 0.6) is 0 Å². The predicted molar refractivity (Wildman–Crippen MR) is 69.3 cm³/mol. The molecule has 2 fully saturated rings.